The number of rotatable bonds is 3. The first kappa shape index (κ1) is 14.4. The Morgan fingerprint density at radius 1 is 0.950 bits per heavy atom. The third kappa shape index (κ3) is 3.10. The van der Waals surface area contributed by atoms with Gasteiger partial charge in [-0.25, -0.2) is 0 Å². The Morgan fingerprint density at radius 3 is 2.15 bits per heavy atom. The lowest BCUT2D eigenvalue weighted by atomic mass is 9.93. The van der Waals surface area contributed by atoms with Gasteiger partial charge in [-0.3, -0.25) is 0 Å². The second kappa shape index (κ2) is 5.95. The van der Waals surface area contributed by atoms with Crippen LogP contribution in [0.25, 0.3) is 5.57 Å². The van der Waals surface area contributed by atoms with Crippen molar-refractivity contribution in [3.05, 3.63) is 77.4 Å². The second-order valence-corrected chi connectivity index (χ2v) is 4.44. The van der Waals surface area contributed by atoms with Crippen LogP contribution in [0, 0.1) is 0 Å². The molecule has 0 saturated carbocycles. The van der Waals surface area contributed by atoms with E-state index in [0.717, 1.165) is 11.6 Å². The monoisotopic (exact) mass is 276 g/mol. The lowest BCUT2D eigenvalue weighted by Gasteiger charge is -2.15. The molecular weight excluding hydrogens is 261 g/mol. The van der Waals surface area contributed by atoms with Gasteiger partial charge in [-0.1, -0.05) is 61.5 Å². The molecular formula is C17H15F3. The van der Waals surface area contributed by atoms with Crippen LogP contribution in [0.3, 0.4) is 0 Å². The highest BCUT2D eigenvalue weighted by molar-refractivity contribution is 5.81. The van der Waals surface area contributed by atoms with Gasteiger partial charge in [0, 0.05) is 0 Å². The van der Waals surface area contributed by atoms with E-state index in [0.29, 0.717) is 12.0 Å². The Kier molecular flexibility index (Phi) is 4.28. The van der Waals surface area contributed by atoms with Crippen LogP contribution in [-0.4, -0.2) is 0 Å². The van der Waals surface area contributed by atoms with E-state index in [1.165, 1.54) is 12.1 Å². The summed E-state index contributed by atoms with van der Waals surface area (Å²) in [5, 5.41) is 0. The van der Waals surface area contributed by atoms with Crippen LogP contribution in [-0.2, 0) is 6.18 Å². The van der Waals surface area contributed by atoms with Crippen molar-refractivity contribution in [3.8, 4) is 0 Å². The summed E-state index contributed by atoms with van der Waals surface area (Å²) in [6.45, 7) is 1.92. The van der Waals surface area contributed by atoms with Crippen molar-refractivity contribution >= 4 is 5.57 Å². The van der Waals surface area contributed by atoms with Crippen molar-refractivity contribution in [1.29, 1.82) is 0 Å². The molecule has 0 aliphatic carbocycles. The van der Waals surface area contributed by atoms with Crippen molar-refractivity contribution in [1.82, 2.24) is 0 Å². The van der Waals surface area contributed by atoms with Crippen LogP contribution in [0.1, 0.15) is 30.0 Å². The molecule has 0 radical (unpaired) electrons. The Labute approximate surface area is 116 Å². The Bertz CT molecular complexity index is 595. The summed E-state index contributed by atoms with van der Waals surface area (Å²) >= 11 is 0. The molecule has 2 rings (SSSR count). The first-order valence-electron chi connectivity index (χ1n) is 6.46. The van der Waals surface area contributed by atoms with E-state index >= 15 is 0 Å². The average molecular weight is 276 g/mol. The van der Waals surface area contributed by atoms with Crippen molar-refractivity contribution < 1.29 is 13.2 Å². The molecule has 0 atom stereocenters. The minimum atomic E-state index is -4.35. The number of alkyl halides is 3. The van der Waals surface area contributed by atoms with E-state index in [2.05, 4.69) is 0 Å². The zero-order chi connectivity index (χ0) is 14.6. The molecule has 0 aliphatic heterocycles. The van der Waals surface area contributed by atoms with Crippen LogP contribution < -0.4 is 0 Å². The fourth-order valence-corrected chi connectivity index (χ4v) is 2.17. The molecule has 0 aromatic heterocycles. The Morgan fingerprint density at radius 2 is 1.55 bits per heavy atom. The van der Waals surface area contributed by atoms with Crippen LogP contribution in [0.5, 0.6) is 0 Å². The Hall–Kier alpha value is -2.03. The lowest BCUT2D eigenvalue weighted by Crippen LogP contribution is -2.09. The molecule has 104 valence electrons. The molecule has 0 saturated heterocycles. The summed E-state index contributed by atoms with van der Waals surface area (Å²) in [5.74, 6) is 0. The molecule has 0 N–H and O–H groups in total. The van der Waals surface area contributed by atoms with Gasteiger partial charge >= 0.3 is 6.18 Å². The fraction of sp³-hybridized carbons (Fsp3) is 0.176. The third-order valence-corrected chi connectivity index (χ3v) is 3.02. The lowest BCUT2D eigenvalue weighted by molar-refractivity contribution is -0.137. The van der Waals surface area contributed by atoms with Gasteiger partial charge < -0.3 is 0 Å². The van der Waals surface area contributed by atoms with Crippen molar-refractivity contribution in [2.45, 2.75) is 19.5 Å². The normalized spacial score (nSPS) is 12.5. The summed E-state index contributed by atoms with van der Waals surface area (Å²) in [6.07, 6.45) is -1.84. The van der Waals surface area contributed by atoms with Gasteiger partial charge in [-0.15, -0.1) is 0 Å². The number of allylic oxidation sites excluding steroid dienone is 1. The van der Waals surface area contributed by atoms with Gasteiger partial charge in [0.05, 0.1) is 5.56 Å². The van der Waals surface area contributed by atoms with Crippen molar-refractivity contribution in [2.24, 2.45) is 0 Å². The molecule has 0 aliphatic rings. The molecule has 3 heteroatoms. The molecule has 0 nitrogen and oxygen atoms in total. The van der Waals surface area contributed by atoms with Gasteiger partial charge in [0.1, 0.15) is 0 Å². The van der Waals surface area contributed by atoms with Crippen LogP contribution >= 0.6 is 0 Å². The summed E-state index contributed by atoms with van der Waals surface area (Å²) < 4.78 is 39.4. The van der Waals surface area contributed by atoms with Crippen molar-refractivity contribution in [3.63, 3.8) is 0 Å². The molecule has 2 aromatic rings. The zero-order valence-corrected chi connectivity index (χ0v) is 11.1. The highest BCUT2D eigenvalue weighted by Crippen LogP contribution is 2.37. The van der Waals surface area contributed by atoms with E-state index in [-0.39, 0.29) is 5.56 Å². The van der Waals surface area contributed by atoms with E-state index in [1.807, 2.05) is 43.3 Å². The highest BCUT2D eigenvalue weighted by atomic mass is 19.4. The maximum atomic E-state index is 13.1. The first-order valence-corrected chi connectivity index (χ1v) is 6.46. The summed E-state index contributed by atoms with van der Waals surface area (Å²) in [7, 11) is 0. The van der Waals surface area contributed by atoms with Crippen LogP contribution in [0.2, 0.25) is 0 Å². The van der Waals surface area contributed by atoms with Crippen molar-refractivity contribution in [2.75, 3.05) is 0 Å². The first-order chi connectivity index (χ1) is 9.54. The predicted molar refractivity (Wildman–Crippen MR) is 75.3 cm³/mol. The van der Waals surface area contributed by atoms with E-state index < -0.39 is 11.7 Å². The topological polar surface area (TPSA) is 0 Å². The molecule has 0 unspecified atom stereocenters. The smallest absolute Gasteiger partial charge is 0.166 e. The standard InChI is InChI=1S/C17H15F3/c1-2-8-14(13-9-4-3-5-10-13)15-11-6-7-12-16(15)17(18,19)20/h3-12H,2H2,1H3/b14-8+. The van der Waals surface area contributed by atoms with Gasteiger partial charge in [-0.05, 0) is 29.2 Å². The quantitative estimate of drug-likeness (QED) is 0.689. The molecule has 20 heavy (non-hydrogen) atoms. The maximum Gasteiger partial charge on any atom is 0.417 e. The highest BCUT2D eigenvalue weighted by Gasteiger charge is 2.33. The molecule has 0 bridgehead atoms. The van der Waals surface area contributed by atoms with E-state index in [1.54, 1.807) is 6.07 Å². The minimum Gasteiger partial charge on any atom is -0.166 e. The van der Waals surface area contributed by atoms with Gasteiger partial charge in [0.25, 0.3) is 0 Å². The largest absolute Gasteiger partial charge is 0.417 e. The number of benzene rings is 2. The SMILES string of the molecule is CC/C=C(\c1ccccc1)c1ccccc1C(F)(F)F. The van der Waals surface area contributed by atoms with Crippen LogP contribution in [0.4, 0.5) is 13.2 Å². The maximum absolute atomic E-state index is 13.1. The van der Waals surface area contributed by atoms with E-state index in [4.69, 9.17) is 0 Å². The summed E-state index contributed by atoms with van der Waals surface area (Å²) in [4.78, 5) is 0. The number of hydrogen-bond acceptors (Lipinski definition) is 0. The van der Waals surface area contributed by atoms with Gasteiger partial charge in [0.15, 0.2) is 0 Å². The molecule has 0 amide bonds. The minimum absolute atomic E-state index is 0.230. The molecule has 0 heterocycles. The number of halogens is 3. The molecule has 2 aromatic carbocycles. The summed E-state index contributed by atoms with van der Waals surface area (Å²) in [5.41, 5.74) is 1.06. The third-order valence-electron chi connectivity index (χ3n) is 3.02. The molecule has 0 spiro atoms. The number of hydrogen-bond donors (Lipinski definition) is 0. The predicted octanol–water partition coefficient (Wildman–Crippen LogP) is 5.55. The van der Waals surface area contributed by atoms with Gasteiger partial charge in [0.2, 0.25) is 0 Å². The van der Waals surface area contributed by atoms with Crippen LogP contribution in [0.15, 0.2) is 60.7 Å². The fourth-order valence-electron chi connectivity index (χ4n) is 2.17. The summed E-state index contributed by atoms with van der Waals surface area (Å²) in [6, 6.07) is 14.9. The van der Waals surface area contributed by atoms with Gasteiger partial charge in [-0.2, -0.15) is 13.2 Å². The Balaban J connectivity index is 2.61. The zero-order valence-electron chi connectivity index (χ0n) is 11.1. The van der Waals surface area contributed by atoms with E-state index in [9.17, 15) is 13.2 Å². The molecule has 0 fully saturated rings. The second-order valence-electron chi connectivity index (χ2n) is 4.44. The average Bonchev–Trinajstić information content (AvgIpc) is 2.45.